The molecule has 2 aromatic rings. The van der Waals surface area contributed by atoms with Crippen LogP contribution in [0.15, 0.2) is 52.5 Å². The minimum atomic E-state index is -3.62. The van der Waals surface area contributed by atoms with E-state index in [1.165, 1.54) is 47.8 Å². The zero-order valence-corrected chi connectivity index (χ0v) is 17.0. The standard InChI is InChI=1S/C20H22FN3O4S/c1-14(15-8-9-19(28-2)18(21)13-15)22-23-20(25)16-6-5-7-17(12-16)29(26,27)24-10-3-4-11-24/h5-9,12-13H,3-4,10-11H2,1-2H3,(H,23,25)/b22-14-. The predicted octanol–water partition coefficient (Wildman–Crippen LogP) is 2.77. The smallest absolute Gasteiger partial charge is 0.271 e. The van der Waals surface area contributed by atoms with Crippen LogP contribution in [0.3, 0.4) is 0 Å². The number of methoxy groups -OCH3 is 1. The van der Waals surface area contributed by atoms with Crippen LogP contribution in [0.5, 0.6) is 5.75 Å². The summed E-state index contributed by atoms with van der Waals surface area (Å²) in [6, 6.07) is 10.2. The average molecular weight is 419 g/mol. The van der Waals surface area contributed by atoms with Gasteiger partial charge in [-0.3, -0.25) is 4.79 Å². The van der Waals surface area contributed by atoms with E-state index in [1.807, 2.05) is 0 Å². The van der Waals surface area contributed by atoms with Crippen molar-refractivity contribution in [1.82, 2.24) is 9.73 Å². The molecule has 1 fully saturated rings. The third-order valence-electron chi connectivity index (χ3n) is 4.69. The van der Waals surface area contributed by atoms with E-state index < -0.39 is 21.7 Å². The van der Waals surface area contributed by atoms with Crippen LogP contribution >= 0.6 is 0 Å². The molecule has 1 saturated heterocycles. The highest BCUT2D eigenvalue weighted by molar-refractivity contribution is 7.89. The van der Waals surface area contributed by atoms with Gasteiger partial charge in [0.25, 0.3) is 5.91 Å². The molecule has 2 aromatic carbocycles. The lowest BCUT2D eigenvalue weighted by Crippen LogP contribution is -2.28. The summed E-state index contributed by atoms with van der Waals surface area (Å²) in [4.78, 5) is 12.5. The molecule has 1 aliphatic rings. The Bertz CT molecular complexity index is 1050. The highest BCUT2D eigenvalue weighted by atomic mass is 32.2. The monoisotopic (exact) mass is 419 g/mol. The summed E-state index contributed by atoms with van der Waals surface area (Å²) in [5, 5.41) is 3.99. The van der Waals surface area contributed by atoms with Gasteiger partial charge < -0.3 is 4.74 Å². The molecule has 29 heavy (non-hydrogen) atoms. The predicted molar refractivity (Wildman–Crippen MR) is 107 cm³/mol. The Balaban J connectivity index is 1.75. The quantitative estimate of drug-likeness (QED) is 0.576. The molecule has 154 valence electrons. The Morgan fingerprint density at radius 2 is 1.86 bits per heavy atom. The maximum atomic E-state index is 13.8. The Hall–Kier alpha value is -2.78. The van der Waals surface area contributed by atoms with E-state index in [2.05, 4.69) is 10.5 Å². The number of carbonyl (C=O) groups is 1. The number of hydrogen-bond donors (Lipinski definition) is 1. The first-order valence-corrected chi connectivity index (χ1v) is 10.6. The number of hydrazone groups is 1. The molecule has 7 nitrogen and oxygen atoms in total. The van der Waals surface area contributed by atoms with Crippen molar-refractivity contribution in [2.45, 2.75) is 24.7 Å². The summed E-state index contributed by atoms with van der Waals surface area (Å²) >= 11 is 0. The number of carbonyl (C=O) groups excluding carboxylic acids is 1. The molecule has 0 aliphatic carbocycles. The van der Waals surface area contributed by atoms with Crippen molar-refractivity contribution in [1.29, 1.82) is 0 Å². The maximum absolute atomic E-state index is 13.8. The molecule has 1 N–H and O–H groups in total. The van der Waals surface area contributed by atoms with Crippen LogP contribution in [0.1, 0.15) is 35.7 Å². The van der Waals surface area contributed by atoms with Gasteiger partial charge in [-0.1, -0.05) is 6.07 Å². The number of ether oxygens (including phenoxy) is 1. The van der Waals surface area contributed by atoms with Crippen molar-refractivity contribution < 1.29 is 22.3 Å². The second-order valence-electron chi connectivity index (χ2n) is 6.63. The molecule has 9 heteroatoms. The number of hydrogen-bond acceptors (Lipinski definition) is 5. The summed E-state index contributed by atoms with van der Waals surface area (Å²) in [6.07, 6.45) is 1.67. The van der Waals surface area contributed by atoms with Gasteiger partial charge in [-0.05, 0) is 56.2 Å². The van der Waals surface area contributed by atoms with E-state index in [-0.39, 0.29) is 16.2 Å². The highest BCUT2D eigenvalue weighted by Crippen LogP contribution is 2.22. The first-order chi connectivity index (χ1) is 13.8. The van der Waals surface area contributed by atoms with Crippen molar-refractivity contribution in [3.8, 4) is 5.75 Å². The summed E-state index contributed by atoms with van der Waals surface area (Å²) < 4.78 is 45.5. The molecule has 0 spiro atoms. The van der Waals surface area contributed by atoms with Crippen molar-refractivity contribution in [2.24, 2.45) is 5.10 Å². The maximum Gasteiger partial charge on any atom is 0.271 e. The second kappa shape index (κ2) is 8.71. The van der Waals surface area contributed by atoms with Gasteiger partial charge in [0.1, 0.15) is 0 Å². The largest absolute Gasteiger partial charge is 0.494 e. The first-order valence-electron chi connectivity index (χ1n) is 9.11. The van der Waals surface area contributed by atoms with Gasteiger partial charge in [0.05, 0.1) is 17.7 Å². The van der Waals surface area contributed by atoms with E-state index in [0.29, 0.717) is 24.4 Å². The number of nitrogens with zero attached hydrogens (tertiary/aromatic N) is 2. The number of benzene rings is 2. The van der Waals surface area contributed by atoms with Gasteiger partial charge in [0.2, 0.25) is 10.0 Å². The van der Waals surface area contributed by atoms with E-state index in [1.54, 1.807) is 13.0 Å². The lowest BCUT2D eigenvalue weighted by molar-refractivity contribution is 0.0954. The molecule has 0 atom stereocenters. The van der Waals surface area contributed by atoms with Crippen LogP contribution in [0.2, 0.25) is 0 Å². The number of amides is 1. The fraction of sp³-hybridized carbons (Fsp3) is 0.300. The van der Waals surface area contributed by atoms with Gasteiger partial charge in [-0.2, -0.15) is 9.41 Å². The van der Waals surface area contributed by atoms with Crippen LogP contribution in [-0.2, 0) is 10.0 Å². The topological polar surface area (TPSA) is 88.1 Å². The van der Waals surface area contributed by atoms with Gasteiger partial charge in [-0.15, -0.1) is 0 Å². The lowest BCUT2D eigenvalue weighted by Gasteiger charge is -2.15. The van der Waals surface area contributed by atoms with Crippen LogP contribution in [-0.4, -0.2) is 44.5 Å². The van der Waals surface area contributed by atoms with E-state index in [0.717, 1.165) is 12.8 Å². The molecule has 0 unspecified atom stereocenters. The average Bonchev–Trinajstić information content (AvgIpc) is 3.27. The third-order valence-corrected chi connectivity index (χ3v) is 6.59. The van der Waals surface area contributed by atoms with Crippen LogP contribution in [0.25, 0.3) is 0 Å². The van der Waals surface area contributed by atoms with Crippen LogP contribution < -0.4 is 10.2 Å². The SMILES string of the molecule is COc1ccc(/C(C)=N\NC(=O)c2cccc(S(=O)(=O)N3CCCC3)c2)cc1F. The van der Waals surface area contributed by atoms with E-state index in [4.69, 9.17) is 4.74 Å². The molecular formula is C20H22FN3O4S. The molecule has 1 heterocycles. The lowest BCUT2D eigenvalue weighted by atomic mass is 10.1. The third kappa shape index (κ3) is 4.63. The molecule has 0 radical (unpaired) electrons. The summed E-state index contributed by atoms with van der Waals surface area (Å²) in [5.41, 5.74) is 3.42. The molecule has 3 rings (SSSR count). The Kier molecular flexibility index (Phi) is 6.29. The zero-order valence-electron chi connectivity index (χ0n) is 16.2. The normalized spacial score (nSPS) is 15.3. The molecule has 1 amide bonds. The van der Waals surface area contributed by atoms with Crippen molar-refractivity contribution in [3.63, 3.8) is 0 Å². The molecular weight excluding hydrogens is 397 g/mol. The summed E-state index contributed by atoms with van der Waals surface area (Å²) in [7, 11) is -2.24. The molecule has 0 aromatic heterocycles. The van der Waals surface area contributed by atoms with Crippen molar-refractivity contribution in [2.75, 3.05) is 20.2 Å². The Morgan fingerprint density at radius 1 is 1.14 bits per heavy atom. The van der Waals surface area contributed by atoms with Gasteiger partial charge in [0.15, 0.2) is 11.6 Å². The van der Waals surface area contributed by atoms with Crippen molar-refractivity contribution in [3.05, 3.63) is 59.4 Å². The summed E-state index contributed by atoms with van der Waals surface area (Å²) in [5.74, 6) is -0.982. The fourth-order valence-electron chi connectivity index (χ4n) is 3.03. The zero-order chi connectivity index (χ0) is 21.0. The van der Waals surface area contributed by atoms with Gasteiger partial charge >= 0.3 is 0 Å². The Morgan fingerprint density at radius 3 is 2.52 bits per heavy atom. The van der Waals surface area contributed by atoms with Crippen LogP contribution in [0.4, 0.5) is 4.39 Å². The number of rotatable bonds is 6. The highest BCUT2D eigenvalue weighted by Gasteiger charge is 2.27. The second-order valence-corrected chi connectivity index (χ2v) is 8.56. The van der Waals surface area contributed by atoms with E-state index >= 15 is 0 Å². The minimum absolute atomic E-state index is 0.0741. The van der Waals surface area contributed by atoms with Gasteiger partial charge in [0, 0.05) is 24.2 Å². The number of sulfonamides is 1. The molecule has 1 aliphatic heterocycles. The molecule has 0 saturated carbocycles. The van der Waals surface area contributed by atoms with E-state index in [9.17, 15) is 17.6 Å². The summed E-state index contributed by atoms with van der Waals surface area (Å²) in [6.45, 7) is 2.59. The first kappa shape index (κ1) is 20.9. The van der Waals surface area contributed by atoms with Gasteiger partial charge in [-0.25, -0.2) is 18.2 Å². The van der Waals surface area contributed by atoms with Crippen molar-refractivity contribution >= 4 is 21.6 Å². The van der Waals surface area contributed by atoms with Crippen LogP contribution in [0, 0.1) is 5.82 Å². The Labute approximate surface area is 169 Å². The fourth-order valence-corrected chi connectivity index (χ4v) is 4.59. The number of halogens is 1. The minimum Gasteiger partial charge on any atom is -0.494 e. The molecule has 0 bridgehead atoms. The number of nitrogens with one attached hydrogen (secondary N) is 1.